The van der Waals surface area contributed by atoms with E-state index in [1.54, 1.807) is 0 Å². The lowest BCUT2D eigenvalue weighted by atomic mass is 9.86. The van der Waals surface area contributed by atoms with E-state index in [0.717, 1.165) is 31.4 Å². The van der Waals surface area contributed by atoms with Gasteiger partial charge in [0.2, 0.25) is 0 Å². The van der Waals surface area contributed by atoms with Crippen LogP contribution < -0.4 is 0 Å². The predicted octanol–water partition coefficient (Wildman–Crippen LogP) is 4.61. The van der Waals surface area contributed by atoms with Crippen molar-refractivity contribution in [2.45, 2.75) is 57.9 Å². The highest BCUT2D eigenvalue weighted by atomic mass is 35.5. The van der Waals surface area contributed by atoms with Crippen LogP contribution in [-0.2, 0) is 5.41 Å². The lowest BCUT2D eigenvalue weighted by molar-refractivity contribution is 0.0580. The Morgan fingerprint density at radius 1 is 1.24 bits per heavy atom. The van der Waals surface area contributed by atoms with Gasteiger partial charge in [-0.25, -0.2) is 0 Å². The Morgan fingerprint density at radius 3 is 2.29 bits per heavy atom. The average Bonchev–Trinajstić information content (AvgIpc) is 2.39. The molecule has 0 aromatic heterocycles. The van der Waals surface area contributed by atoms with Crippen LogP contribution in [0, 0.1) is 0 Å². The normalized spacial score (nSPS) is 15.6. The number of hydrogen-bond donors (Lipinski definition) is 0. The Balaban J connectivity index is 2.12. The summed E-state index contributed by atoms with van der Waals surface area (Å²) in [4.78, 5) is 14.8. The first kappa shape index (κ1) is 16.4. The van der Waals surface area contributed by atoms with Crippen molar-refractivity contribution in [3.8, 4) is 0 Å². The van der Waals surface area contributed by atoms with Crippen molar-refractivity contribution in [1.82, 2.24) is 4.90 Å². The molecular formula is C18H26ClNO. The molecule has 1 aliphatic carbocycles. The minimum absolute atomic E-state index is 0.119. The van der Waals surface area contributed by atoms with Gasteiger partial charge >= 0.3 is 0 Å². The smallest absolute Gasteiger partial charge is 0.254 e. The fourth-order valence-corrected chi connectivity index (χ4v) is 2.78. The molecule has 0 atom stereocenters. The molecule has 1 amide bonds. The second-order valence-electron chi connectivity index (χ2n) is 6.95. The molecule has 1 aromatic rings. The first-order valence-corrected chi connectivity index (χ1v) is 8.44. The Morgan fingerprint density at radius 2 is 1.86 bits per heavy atom. The van der Waals surface area contributed by atoms with Crippen LogP contribution in [0.1, 0.15) is 62.4 Å². The van der Waals surface area contributed by atoms with Crippen LogP contribution in [0.25, 0.3) is 0 Å². The molecule has 0 radical (unpaired) electrons. The van der Waals surface area contributed by atoms with Crippen molar-refractivity contribution in [3.63, 3.8) is 0 Å². The van der Waals surface area contributed by atoms with E-state index in [4.69, 9.17) is 11.6 Å². The first-order valence-electron chi connectivity index (χ1n) is 7.91. The van der Waals surface area contributed by atoms with E-state index >= 15 is 0 Å². The van der Waals surface area contributed by atoms with E-state index in [2.05, 4.69) is 32.9 Å². The summed E-state index contributed by atoms with van der Waals surface area (Å²) in [5, 5.41) is 0. The van der Waals surface area contributed by atoms with Gasteiger partial charge in [-0.1, -0.05) is 32.9 Å². The zero-order valence-corrected chi connectivity index (χ0v) is 14.1. The molecule has 0 spiro atoms. The van der Waals surface area contributed by atoms with Crippen molar-refractivity contribution in [2.24, 2.45) is 0 Å². The zero-order valence-electron chi connectivity index (χ0n) is 13.4. The van der Waals surface area contributed by atoms with E-state index in [1.807, 2.05) is 17.0 Å². The fourth-order valence-electron chi connectivity index (χ4n) is 2.66. The van der Waals surface area contributed by atoms with Crippen LogP contribution in [0.2, 0.25) is 0 Å². The summed E-state index contributed by atoms with van der Waals surface area (Å²) in [6, 6.07) is 8.51. The predicted molar refractivity (Wildman–Crippen MR) is 89.2 cm³/mol. The summed E-state index contributed by atoms with van der Waals surface area (Å²) >= 11 is 5.80. The number of alkyl halides is 1. The van der Waals surface area contributed by atoms with E-state index in [0.29, 0.717) is 11.9 Å². The molecule has 2 rings (SSSR count). The molecule has 3 heteroatoms. The SMILES string of the molecule is CC(C)(C)c1ccc(C(=O)N(CCCCl)C2CCC2)cc1. The molecule has 0 N–H and O–H groups in total. The van der Waals surface area contributed by atoms with Crippen LogP contribution in [0.15, 0.2) is 24.3 Å². The van der Waals surface area contributed by atoms with Crippen LogP contribution >= 0.6 is 11.6 Å². The lowest BCUT2D eigenvalue weighted by Gasteiger charge is -2.37. The Labute approximate surface area is 133 Å². The highest BCUT2D eigenvalue weighted by Crippen LogP contribution is 2.27. The zero-order chi connectivity index (χ0) is 15.5. The van der Waals surface area contributed by atoms with Crippen molar-refractivity contribution >= 4 is 17.5 Å². The van der Waals surface area contributed by atoms with E-state index in [9.17, 15) is 4.79 Å². The highest BCUT2D eigenvalue weighted by molar-refractivity contribution is 6.17. The number of halogens is 1. The molecule has 0 bridgehead atoms. The molecule has 1 aliphatic rings. The third-order valence-corrected chi connectivity index (χ3v) is 4.57. The quantitative estimate of drug-likeness (QED) is 0.728. The van der Waals surface area contributed by atoms with Crippen molar-refractivity contribution in [1.29, 1.82) is 0 Å². The van der Waals surface area contributed by atoms with Crippen molar-refractivity contribution in [3.05, 3.63) is 35.4 Å². The number of amides is 1. The summed E-state index contributed by atoms with van der Waals surface area (Å²) in [5.74, 6) is 0.768. The molecular weight excluding hydrogens is 282 g/mol. The van der Waals surface area contributed by atoms with Gasteiger partial charge in [-0.3, -0.25) is 4.79 Å². The third kappa shape index (κ3) is 4.00. The minimum Gasteiger partial charge on any atom is -0.336 e. The van der Waals surface area contributed by atoms with Gasteiger partial charge in [-0.15, -0.1) is 11.6 Å². The maximum atomic E-state index is 12.7. The standard InChI is InChI=1S/C18H26ClNO/c1-18(2,3)15-10-8-14(9-11-15)17(21)20(13-5-12-19)16-6-4-7-16/h8-11,16H,4-7,12-13H2,1-3H3. The number of benzene rings is 1. The second-order valence-corrected chi connectivity index (χ2v) is 7.33. The minimum atomic E-state index is 0.119. The summed E-state index contributed by atoms with van der Waals surface area (Å²) in [6.45, 7) is 7.33. The molecule has 1 saturated carbocycles. The topological polar surface area (TPSA) is 20.3 Å². The van der Waals surface area contributed by atoms with Gasteiger partial charge in [0, 0.05) is 24.0 Å². The average molecular weight is 308 g/mol. The third-order valence-electron chi connectivity index (χ3n) is 4.31. The molecule has 0 unspecified atom stereocenters. The second kappa shape index (κ2) is 6.83. The largest absolute Gasteiger partial charge is 0.336 e. The number of hydrogen-bond acceptors (Lipinski definition) is 1. The molecule has 0 heterocycles. The first-order chi connectivity index (χ1) is 9.93. The van der Waals surface area contributed by atoms with Crippen LogP contribution in [0.5, 0.6) is 0 Å². The lowest BCUT2D eigenvalue weighted by Crippen LogP contribution is -2.44. The number of nitrogens with zero attached hydrogens (tertiary/aromatic N) is 1. The molecule has 116 valence electrons. The van der Waals surface area contributed by atoms with Crippen molar-refractivity contribution < 1.29 is 4.79 Å². The Hall–Kier alpha value is -1.02. The van der Waals surface area contributed by atoms with Crippen LogP contribution in [0.3, 0.4) is 0 Å². The number of carbonyl (C=O) groups excluding carboxylic acids is 1. The van der Waals surface area contributed by atoms with Gasteiger partial charge in [0.15, 0.2) is 0 Å². The van der Waals surface area contributed by atoms with Crippen LogP contribution in [0.4, 0.5) is 0 Å². The molecule has 21 heavy (non-hydrogen) atoms. The van der Waals surface area contributed by atoms with Gasteiger partial charge in [0.1, 0.15) is 0 Å². The van der Waals surface area contributed by atoms with Gasteiger partial charge < -0.3 is 4.90 Å². The fraction of sp³-hybridized carbons (Fsp3) is 0.611. The van der Waals surface area contributed by atoms with Gasteiger partial charge in [0.05, 0.1) is 0 Å². The number of carbonyl (C=O) groups is 1. The summed E-state index contributed by atoms with van der Waals surface area (Å²) in [6.07, 6.45) is 4.37. The van der Waals surface area contributed by atoms with E-state index in [1.165, 1.54) is 12.0 Å². The summed E-state index contributed by atoms with van der Waals surface area (Å²) in [5.41, 5.74) is 2.17. The highest BCUT2D eigenvalue weighted by Gasteiger charge is 2.29. The van der Waals surface area contributed by atoms with Crippen molar-refractivity contribution in [2.75, 3.05) is 12.4 Å². The molecule has 0 saturated heterocycles. The maximum Gasteiger partial charge on any atom is 0.254 e. The Bertz CT molecular complexity index is 471. The van der Waals surface area contributed by atoms with Gasteiger partial charge in [-0.2, -0.15) is 0 Å². The molecule has 1 fully saturated rings. The maximum absolute atomic E-state index is 12.7. The van der Waals surface area contributed by atoms with E-state index in [-0.39, 0.29) is 11.3 Å². The summed E-state index contributed by atoms with van der Waals surface area (Å²) < 4.78 is 0. The molecule has 1 aromatic carbocycles. The molecule has 0 aliphatic heterocycles. The summed E-state index contributed by atoms with van der Waals surface area (Å²) in [7, 11) is 0. The number of rotatable bonds is 5. The Kier molecular flexibility index (Phi) is 5.32. The van der Waals surface area contributed by atoms with Gasteiger partial charge in [-0.05, 0) is 48.8 Å². The van der Waals surface area contributed by atoms with Gasteiger partial charge in [0.25, 0.3) is 5.91 Å². The van der Waals surface area contributed by atoms with E-state index < -0.39 is 0 Å². The van der Waals surface area contributed by atoms with Crippen LogP contribution in [-0.4, -0.2) is 29.3 Å². The molecule has 2 nitrogen and oxygen atoms in total. The monoisotopic (exact) mass is 307 g/mol.